The highest BCUT2D eigenvalue weighted by atomic mass is 16.6. The average molecular weight is 230 g/mol. The molecule has 0 aromatic heterocycles. The summed E-state index contributed by atoms with van der Waals surface area (Å²) in [6.45, 7) is 6.97. The molecule has 1 aliphatic heterocycles. The van der Waals surface area contributed by atoms with Crippen molar-refractivity contribution in [2.24, 2.45) is 0 Å². The number of carbonyl (C=O) groups excluding carboxylic acids is 1. The van der Waals surface area contributed by atoms with Crippen LogP contribution in [-0.2, 0) is 14.3 Å². The van der Waals surface area contributed by atoms with Crippen LogP contribution in [0.3, 0.4) is 0 Å². The molecule has 5 heteroatoms. The monoisotopic (exact) mass is 230 g/mol. The first-order valence-electron chi connectivity index (χ1n) is 5.91. The van der Waals surface area contributed by atoms with Gasteiger partial charge in [0.05, 0.1) is 32.5 Å². The Labute approximate surface area is 96.9 Å². The van der Waals surface area contributed by atoms with E-state index in [4.69, 9.17) is 9.47 Å². The second kappa shape index (κ2) is 7.60. The van der Waals surface area contributed by atoms with Gasteiger partial charge in [-0.05, 0) is 13.3 Å². The van der Waals surface area contributed by atoms with Crippen molar-refractivity contribution >= 4 is 5.91 Å². The average Bonchev–Trinajstić information content (AvgIpc) is 2.30. The van der Waals surface area contributed by atoms with Gasteiger partial charge < -0.3 is 20.1 Å². The molecule has 16 heavy (non-hydrogen) atoms. The van der Waals surface area contributed by atoms with Crippen molar-refractivity contribution in [2.75, 3.05) is 32.9 Å². The van der Waals surface area contributed by atoms with Crippen LogP contribution in [0.1, 0.15) is 20.3 Å². The molecule has 0 aromatic rings. The van der Waals surface area contributed by atoms with Crippen LogP contribution in [-0.4, -0.2) is 51.0 Å². The predicted octanol–water partition coefficient (Wildman–Crippen LogP) is -0.0939. The number of rotatable bonds is 6. The molecule has 1 rings (SSSR count). The Kier molecular flexibility index (Phi) is 6.37. The molecule has 1 heterocycles. The maximum absolute atomic E-state index is 11.4. The lowest BCUT2D eigenvalue weighted by molar-refractivity contribution is -0.121. The van der Waals surface area contributed by atoms with E-state index in [1.165, 1.54) is 0 Å². The van der Waals surface area contributed by atoms with Gasteiger partial charge in [0.15, 0.2) is 0 Å². The lowest BCUT2D eigenvalue weighted by Crippen LogP contribution is -2.43. The van der Waals surface area contributed by atoms with Crippen LogP contribution in [0.4, 0.5) is 0 Å². The summed E-state index contributed by atoms with van der Waals surface area (Å²) < 4.78 is 10.7. The third-order valence-corrected chi connectivity index (χ3v) is 2.56. The first kappa shape index (κ1) is 13.4. The molecule has 1 amide bonds. The Balaban J connectivity index is 2.03. The van der Waals surface area contributed by atoms with E-state index in [2.05, 4.69) is 10.6 Å². The Bertz CT molecular complexity index is 205. The fourth-order valence-electron chi connectivity index (χ4n) is 1.43. The minimum absolute atomic E-state index is 0.0334. The van der Waals surface area contributed by atoms with Gasteiger partial charge in [-0.15, -0.1) is 0 Å². The van der Waals surface area contributed by atoms with Crippen LogP contribution in [0.5, 0.6) is 0 Å². The summed E-state index contributed by atoms with van der Waals surface area (Å²) in [6.07, 6.45) is 1.02. The van der Waals surface area contributed by atoms with Gasteiger partial charge in [0.1, 0.15) is 0 Å². The van der Waals surface area contributed by atoms with Gasteiger partial charge in [-0.25, -0.2) is 0 Å². The fourth-order valence-corrected chi connectivity index (χ4v) is 1.43. The molecular weight excluding hydrogens is 208 g/mol. The maximum Gasteiger partial charge on any atom is 0.234 e. The van der Waals surface area contributed by atoms with Crippen molar-refractivity contribution < 1.29 is 14.3 Å². The number of nitrogens with one attached hydrogen (secondary N) is 2. The molecule has 2 atom stereocenters. The molecule has 0 radical (unpaired) electrons. The lowest BCUT2D eigenvalue weighted by Gasteiger charge is -2.23. The number of hydrogen-bond acceptors (Lipinski definition) is 4. The van der Waals surface area contributed by atoms with Crippen molar-refractivity contribution in [2.45, 2.75) is 32.4 Å². The molecule has 1 aliphatic rings. The van der Waals surface area contributed by atoms with Crippen LogP contribution in [0.25, 0.3) is 0 Å². The third-order valence-electron chi connectivity index (χ3n) is 2.56. The van der Waals surface area contributed by atoms with Crippen LogP contribution >= 0.6 is 0 Å². The Morgan fingerprint density at radius 1 is 1.50 bits per heavy atom. The van der Waals surface area contributed by atoms with E-state index in [1.54, 1.807) is 0 Å². The van der Waals surface area contributed by atoms with Crippen LogP contribution in [0.2, 0.25) is 0 Å². The standard InChI is InChI=1S/C11H22N2O3/c1-3-9(2)13-11(14)7-12-6-10-8-15-4-5-16-10/h9-10,12H,3-8H2,1-2H3,(H,13,14). The number of ether oxygens (including phenoxy) is 2. The van der Waals surface area contributed by atoms with Crippen molar-refractivity contribution in [3.8, 4) is 0 Å². The molecule has 0 spiro atoms. The van der Waals surface area contributed by atoms with Gasteiger partial charge in [0.2, 0.25) is 5.91 Å². The number of amides is 1. The van der Waals surface area contributed by atoms with E-state index in [0.717, 1.165) is 6.42 Å². The summed E-state index contributed by atoms with van der Waals surface area (Å²) >= 11 is 0. The Morgan fingerprint density at radius 2 is 2.31 bits per heavy atom. The van der Waals surface area contributed by atoms with E-state index in [0.29, 0.717) is 32.9 Å². The summed E-state index contributed by atoms with van der Waals surface area (Å²) in [5.74, 6) is 0.0334. The number of carbonyl (C=O) groups is 1. The molecule has 2 unspecified atom stereocenters. The molecule has 5 nitrogen and oxygen atoms in total. The number of hydrogen-bond donors (Lipinski definition) is 2. The molecule has 1 fully saturated rings. The minimum atomic E-state index is 0.0334. The largest absolute Gasteiger partial charge is 0.376 e. The highest BCUT2D eigenvalue weighted by Gasteiger charge is 2.14. The zero-order valence-electron chi connectivity index (χ0n) is 10.1. The summed E-state index contributed by atoms with van der Waals surface area (Å²) in [7, 11) is 0. The summed E-state index contributed by atoms with van der Waals surface area (Å²) in [5.41, 5.74) is 0. The molecule has 1 saturated heterocycles. The zero-order chi connectivity index (χ0) is 11.8. The van der Waals surface area contributed by atoms with Crippen LogP contribution in [0, 0.1) is 0 Å². The van der Waals surface area contributed by atoms with Gasteiger partial charge in [0, 0.05) is 12.6 Å². The van der Waals surface area contributed by atoms with Crippen molar-refractivity contribution in [3.05, 3.63) is 0 Å². The van der Waals surface area contributed by atoms with E-state index < -0.39 is 0 Å². The first-order chi connectivity index (χ1) is 7.72. The van der Waals surface area contributed by atoms with Gasteiger partial charge in [-0.1, -0.05) is 6.92 Å². The molecule has 0 saturated carbocycles. The van der Waals surface area contributed by atoms with Crippen molar-refractivity contribution in [3.63, 3.8) is 0 Å². The van der Waals surface area contributed by atoms with E-state index >= 15 is 0 Å². The highest BCUT2D eigenvalue weighted by Crippen LogP contribution is 1.98. The molecule has 94 valence electrons. The van der Waals surface area contributed by atoms with E-state index in [1.807, 2.05) is 13.8 Å². The first-order valence-corrected chi connectivity index (χ1v) is 5.91. The van der Waals surface area contributed by atoms with Crippen molar-refractivity contribution in [1.82, 2.24) is 10.6 Å². The molecule has 0 aromatic carbocycles. The quantitative estimate of drug-likeness (QED) is 0.669. The predicted molar refractivity (Wildman–Crippen MR) is 61.3 cm³/mol. The summed E-state index contributed by atoms with van der Waals surface area (Å²) in [5, 5.41) is 5.96. The molecule has 0 aliphatic carbocycles. The van der Waals surface area contributed by atoms with E-state index in [-0.39, 0.29) is 18.1 Å². The zero-order valence-corrected chi connectivity index (χ0v) is 10.1. The van der Waals surface area contributed by atoms with E-state index in [9.17, 15) is 4.79 Å². The van der Waals surface area contributed by atoms with Crippen molar-refractivity contribution in [1.29, 1.82) is 0 Å². The Morgan fingerprint density at radius 3 is 2.94 bits per heavy atom. The van der Waals surface area contributed by atoms with Gasteiger partial charge in [0.25, 0.3) is 0 Å². The van der Waals surface area contributed by atoms with Crippen LogP contribution < -0.4 is 10.6 Å². The Hall–Kier alpha value is -0.650. The molecule has 2 N–H and O–H groups in total. The van der Waals surface area contributed by atoms with Gasteiger partial charge in [-0.2, -0.15) is 0 Å². The van der Waals surface area contributed by atoms with Gasteiger partial charge in [-0.3, -0.25) is 4.79 Å². The SMILES string of the molecule is CCC(C)NC(=O)CNCC1COCCO1. The minimum Gasteiger partial charge on any atom is -0.376 e. The fraction of sp³-hybridized carbons (Fsp3) is 0.909. The normalized spacial score (nSPS) is 22.8. The highest BCUT2D eigenvalue weighted by molar-refractivity contribution is 5.78. The maximum atomic E-state index is 11.4. The summed E-state index contributed by atoms with van der Waals surface area (Å²) in [4.78, 5) is 11.4. The smallest absolute Gasteiger partial charge is 0.234 e. The second-order valence-corrected chi connectivity index (χ2v) is 4.08. The summed E-state index contributed by atoms with van der Waals surface area (Å²) in [6, 6.07) is 0.239. The second-order valence-electron chi connectivity index (χ2n) is 4.08. The topological polar surface area (TPSA) is 59.6 Å². The van der Waals surface area contributed by atoms with Gasteiger partial charge >= 0.3 is 0 Å². The lowest BCUT2D eigenvalue weighted by atomic mass is 10.2. The third kappa shape index (κ3) is 5.44. The van der Waals surface area contributed by atoms with Crippen LogP contribution in [0.15, 0.2) is 0 Å². The molecular formula is C11H22N2O3. The molecule has 0 bridgehead atoms.